The van der Waals surface area contributed by atoms with Crippen LogP contribution in [0.5, 0.6) is 0 Å². The number of aromatic nitrogens is 1. The van der Waals surface area contributed by atoms with E-state index in [4.69, 9.17) is 4.74 Å². The van der Waals surface area contributed by atoms with Gasteiger partial charge in [-0.3, -0.25) is 9.98 Å². The molecule has 5 nitrogen and oxygen atoms in total. The van der Waals surface area contributed by atoms with E-state index in [0.717, 1.165) is 32.0 Å². The van der Waals surface area contributed by atoms with Crippen LogP contribution in [0.1, 0.15) is 31.4 Å². The first-order chi connectivity index (χ1) is 11.0. The number of rotatable bonds is 4. The van der Waals surface area contributed by atoms with Crippen molar-refractivity contribution in [1.29, 1.82) is 0 Å². The monoisotopic (exact) mass is 444 g/mol. The summed E-state index contributed by atoms with van der Waals surface area (Å²) < 4.78 is 5.86. The topological polar surface area (TPSA) is 58.5 Å². The highest BCUT2D eigenvalue weighted by Gasteiger charge is 2.59. The molecule has 3 unspecified atom stereocenters. The van der Waals surface area contributed by atoms with E-state index in [-0.39, 0.29) is 29.4 Å². The molecule has 0 radical (unpaired) electrons. The minimum Gasteiger partial charge on any atom is -0.377 e. The van der Waals surface area contributed by atoms with Gasteiger partial charge in [-0.05, 0) is 37.0 Å². The van der Waals surface area contributed by atoms with Gasteiger partial charge in [0.15, 0.2) is 5.96 Å². The summed E-state index contributed by atoms with van der Waals surface area (Å²) in [4.78, 5) is 8.53. The van der Waals surface area contributed by atoms with Crippen molar-refractivity contribution in [2.45, 2.75) is 45.8 Å². The predicted octanol–water partition coefficient (Wildman–Crippen LogP) is 2.53. The Labute approximate surface area is 162 Å². The average Bonchev–Trinajstić information content (AvgIpc) is 2.99. The second-order valence-electron chi connectivity index (χ2n) is 7.24. The van der Waals surface area contributed by atoms with Crippen LogP contribution in [0.15, 0.2) is 23.5 Å². The van der Waals surface area contributed by atoms with E-state index in [9.17, 15) is 0 Å². The number of aryl methyl sites for hydroxylation is 1. The van der Waals surface area contributed by atoms with Crippen molar-refractivity contribution >= 4 is 29.9 Å². The fourth-order valence-electron chi connectivity index (χ4n) is 4.06. The number of hydrogen-bond donors (Lipinski definition) is 2. The van der Waals surface area contributed by atoms with Gasteiger partial charge in [0.05, 0.1) is 6.10 Å². The van der Waals surface area contributed by atoms with Gasteiger partial charge in [-0.25, -0.2) is 0 Å². The zero-order valence-corrected chi connectivity index (χ0v) is 17.3. The molecular formula is C18H29IN4O. The molecule has 1 aliphatic carbocycles. The molecule has 1 aromatic heterocycles. The summed E-state index contributed by atoms with van der Waals surface area (Å²) in [5.41, 5.74) is 2.74. The van der Waals surface area contributed by atoms with E-state index in [0.29, 0.717) is 18.1 Å². The van der Waals surface area contributed by atoms with Crippen molar-refractivity contribution in [2.24, 2.45) is 16.3 Å². The molecule has 0 aromatic carbocycles. The number of nitrogens with zero attached hydrogens (tertiary/aromatic N) is 2. The third-order valence-corrected chi connectivity index (χ3v) is 5.44. The first-order valence-electron chi connectivity index (χ1n) is 8.52. The Hall–Kier alpha value is -0.890. The SMILES string of the molecule is CN=C(NCCc1ccncc1C)NC1C2CCOC2C1(C)C.I. The average molecular weight is 444 g/mol. The summed E-state index contributed by atoms with van der Waals surface area (Å²) in [6, 6.07) is 2.52. The normalized spacial score (nSPS) is 27.7. The second kappa shape index (κ2) is 7.99. The first-order valence-corrected chi connectivity index (χ1v) is 8.52. The Bertz CT molecular complexity index is 590. The van der Waals surface area contributed by atoms with Crippen LogP contribution in [0.25, 0.3) is 0 Å². The number of pyridine rings is 1. The summed E-state index contributed by atoms with van der Waals surface area (Å²) >= 11 is 0. The van der Waals surface area contributed by atoms with E-state index in [1.54, 1.807) is 0 Å². The number of fused-ring (bicyclic) bond motifs is 1. The predicted molar refractivity (Wildman–Crippen MR) is 108 cm³/mol. The van der Waals surface area contributed by atoms with Gasteiger partial charge in [0, 0.05) is 50.0 Å². The number of guanidine groups is 1. The fraction of sp³-hybridized carbons (Fsp3) is 0.667. The van der Waals surface area contributed by atoms with Gasteiger partial charge in [-0.15, -0.1) is 24.0 Å². The Kier molecular flexibility index (Phi) is 6.47. The summed E-state index contributed by atoms with van der Waals surface area (Å²) in [6.45, 7) is 8.43. The Morgan fingerprint density at radius 1 is 1.46 bits per heavy atom. The van der Waals surface area contributed by atoms with Gasteiger partial charge in [0.1, 0.15) is 0 Å². The highest BCUT2D eigenvalue weighted by atomic mass is 127. The number of nitrogens with one attached hydrogen (secondary N) is 2. The molecule has 1 aliphatic heterocycles. The van der Waals surface area contributed by atoms with Crippen LogP contribution >= 0.6 is 24.0 Å². The van der Waals surface area contributed by atoms with Gasteiger partial charge in [-0.1, -0.05) is 13.8 Å². The molecule has 2 heterocycles. The zero-order valence-electron chi connectivity index (χ0n) is 15.0. The van der Waals surface area contributed by atoms with Crippen LogP contribution in [-0.4, -0.2) is 43.3 Å². The molecule has 3 rings (SSSR count). The van der Waals surface area contributed by atoms with Crippen LogP contribution in [0, 0.1) is 18.3 Å². The summed E-state index contributed by atoms with van der Waals surface area (Å²) in [5.74, 6) is 1.51. The minimum absolute atomic E-state index is 0. The standard InChI is InChI=1S/C18H28N4O.HI/c1-12-11-20-8-5-13(12)6-9-21-17(19-4)22-15-14-7-10-23-16(14)18(15,2)3;/h5,8,11,14-16H,6-7,9-10H2,1-4H3,(H2,19,21,22);1H. The molecule has 1 aromatic rings. The lowest BCUT2D eigenvalue weighted by molar-refractivity contribution is -0.106. The molecule has 3 atom stereocenters. The third kappa shape index (κ3) is 3.69. The molecule has 1 saturated carbocycles. The van der Waals surface area contributed by atoms with Crippen LogP contribution in [0.2, 0.25) is 0 Å². The zero-order chi connectivity index (χ0) is 16.4. The van der Waals surface area contributed by atoms with Crippen molar-refractivity contribution in [3.8, 4) is 0 Å². The second-order valence-corrected chi connectivity index (χ2v) is 7.24. The van der Waals surface area contributed by atoms with E-state index >= 15 is 0 Å². The summed E-state index contributed by atoms with van der Waals surface area (Å²) in [7, 11) is 1.83. The van der Waals surface area contributed by atoms with E-state index in [1.807, 2.05) is 19.4 Å². The van der Waals surface area contributed by atoms with Gasteiger partial charge in [0.25, 0.3) is 0 Å². The Balaban J connectivity index is 0.00000208. The van der Waals surface area contributed by atoms with Crippen LogP contribution < -0.4 is 10.6 Å². The third-order valence-electron chi connectivity index (χ3n) is 5.44. The van der Waals surface area contributed by atoms with E-state index in [1.165, 1.54) is 11.1 Å². The van der Waals surface area contributed by atoms with Crippen molar-refractivity contribution in [1.82, 2.24) is 15.6 Å². The maximum atomic E-state index is 5.86. The maximum absolute atomic E-state index is 5.86. The van der Waals surface area contributed by atoms with Gasteiger partial charge >= 0.3 is 0 Å². The lowest BCUT2D eigenvalue weighted by Gasteiger charge is -2.54. The molecule has 6 heteroatoms. The molecule has 2 N–H and O–H groups in total. The molecule has 0 amide bonds. The van der Waals surface area contributed by atoms with Gasteiger partial charge in [0.2, 0.25) is 0 Å². The maximum Gasteiger partial charge on any atom is 0.191 e. The lowest BCUT2D eigenvalue weighted by Crippen LogP contribution is -2.68. The number of ether oxygens (including phenoxy) is 1. The molecule has 24 heavy (non-hydrogen) atoms. The number of hydrogen-bond acceptors (Lipinski definition) is 3. The van der Waals surface area contributed by atoms with Crippen molar-refractivity contribution in [2.75, 3.05) is 20.2 Å². The molecule has 0 spiro atoms. The highest BCUT2D eigenvalue weighted by Crippen LogP contribution is 2.52. The van der Waals surface area contributed by atoms with Crippen LogP contribution in [0.3, 0.4) is 0 Å². The molecule has 2 fully saturated rings. The van der Waals surface area contributed by atoms with Crippen molar-refractivity contribution in [3.63, 3.8) is 0 Å². The number of aliphatic imine (C=N–C) groups is 1. The van der Waals surface area contributed by atoms with Crippen LogP contribution in [-0.2, 0) is 11.2 Å². The molecule has 134 valence electrons. The Morgan fingerprint density at radius 3 is 2.96 bits per heavy atom. The van der Waals surface area contributed by atoms with E-state index in [2.05, 4.69) is 47.4 Å². The minimum atomic E-state index is 0. The van der Waals surface area contributed by atoms with Crippen molar-refractivity contribution in [3.05, 3.63) is 29.6 Å². The number of halogens is 1. The summed E-state index contributed by atoms with van der Waals surface area (Å²) in [6.07, 6.45) is 6.29. The highest BCUT2D eigenvalue weighted by molar-refractivity contribution is 14.0. The lowest BCUT2D eigenvalue weighted by atomic mass is 9.57. The molecule has 2 aliphatic rings. The smallest absolute Gasteiger partial charge is 0.191 e. The molecular weight excluding hydrogens is 415 g/mol. The molecule has 0 bridgehead atoms. The largest absolute Gasteiger partial charge is 0.377 e. The first kappa shape index (κ1) is 19.4. The summed E-state index contributed by atoms with van der Waals surface area (Å²) in [5, 5.41) is 7.05. The van der Waals surface area contributed by atoms with Gasteiger partial charge in [-0.2, -0.15) is 0 Å². The molecule has 1 saturated heterocycles. The van der Waals surface area contributed by atoms with Crippen molar-refractivity contribution < 1.29 is 4.74 Å². The van der Waals surface area contributed by atoms with Gasteiger partial charge < -0.3 is 15.4 Å². The van der Waals surface area contributed by atoms with E-state index < -0.39 is 0 Å². The van der Waals surface area contributed by atoms with Crippen LogP contribution in [0.4, 0.5) is 0 Å². The fourth-order valence-corrected chi connectivity index (χ4v) is 4.06. The quantitative estimate of drug-likeness (QED) is 0.426. The Morgan fingerprint density at radius 2 is 2.25 bits per heavy atom.